The molecule has 0 unspecified atom stereocenters. The van der Waals surface area contributed by atoms with E-state index in [2.05, 4.69) is 0 Å². The van der Waals surface area contributed by atoms with Crippen LogP contribution in [0, 0.1) is 12.8 Å². The molecule has 0 radical (unpaired) electrons. The number of amides is 1. The minimum absolute atomic E-state index is 0.0815. The predicted octanol–water partition coefficient (Wildman–Crippen LogP) is 2.65. The minimum atomic E-state index is -0.771. The molecule has 0 bridgehead atoms. The van der Waals surface area contributed by atoms with Crippen LogP contribution in [-0.4, -0.2) is 35.0 Å². The van der Waals surface area contributed by atoms with Gasteiger partial charge in [-0.1, -0.05) is 11.6 Å². The van der Waals surface area contributed by atoms with Gasteiger partial charge in [0.2, 0.25) is 0 Å². The van der Waals surface area contributed by atoms with E-state index in [1.54, 1.807) is 4.90 Å². The van der Waals surface area contributed by atoms with Crippen LogP contribution in [0.1, 0.15) is 28.1 Å². The molecule has 1 fully saturated rings. The number of likely N-dealkylation sites (tertiary alicyclic amines) is 1. The van der Waals surface area contributed by atoms with Gasteiger partial charge in [0, 0.05) is 13.1 Å². The Morgan fingerprint density at radius 3 is 2.50 bits per heavy atom. The van der Waals surface area contributed by atoms with Gasteiger partial charge in [-0.2, -0.15) is 0 Å². The van der Waals surface area contributed by atoms with E-state index in [1.165, 1.54) is 11.3 Å². The van der Waals surface area contributed by atoms with Crippen LogP contribution in [0.4, 0.5) is 0 Å². The van der Waals surface area contributed by atoms with Crippen LogP contribution in [0.5, 0.6) is 0 Å². The van der Waals surface area contributed by atoms with Crippen LogP contribution < -0.4 is 0 Å². The Morgan fingerprint density at radius 1 is 1.44 bits per heavy atom. The first-order chi connectivity index (χ1) is 8.50. The Hall–Kier alpha value is -1.07. The van der Waals surface area contributed by atoms with Gasteiger partial charge >= 0.3 is 5.97 Å². The molecule has 98 valence electrons. The van der Waals surface area contributed by atoms with Gasteiger partial charge in [0.1, 0.15) is 4.88 Å². The molecule has 1 aliphatic heterocycles. The van der Waals surface area contributed by atoms with E-state index < -0.39 is 5.97 Å². The number of hydrogen-bond donors (Lipinski definition) is 1. The topological polar surface area (TPSA) is 57.6 Å². The van der Waals surface area contributed by atoms with Crippen molar-refractivity contribution in [2.45, 2.75) is 19.8 Å². The average Bonchev–Trinajstić information content (AvgIpc) is 2.69. The summed E-state index contributed by atoms with van der Waals surface area (Å²) >= 11 is 7.42. The van der Waals surface area contributed by atoms with Gasteiger partial charge in [-0.05, 0) is 30.7 Å². The molecule has 1 N–H and O–H groups in total. The summed E-state index contributed by atoms with van der Waals surface area (Å²) in [7, 11) is 0. The molecule has 0 saturated carbocycles. The van der Waals surface area contributed by atoms with Crippen LogP contribution in [0.3, 0.4) is 0 Å². The van der Waals surface area contributed by atoms with Crippen molar-refractivity contribution in [2.75, 3.05) is 13.1 Å². The largest absolute Gasteiger partial charge is 0.481 e. The molecule has 0 spiro atoms. The van der Waals surface area contributed by atoms with Crippen molar-refractivity contribution >= 4 is 34.8 Å². The molecule has 1 saturated heterocycles. The van der Waals surface area contributed by atoms with Gasteiger partial charge in [0.15, 0.2) is 0 Å². The van der Waals surface area contributed by atoms with Gasteiger partial charge in [-0.25, -0.2) is 0 Å². The quantitative estimate of drug-likeness (QED) is 0.910. The van der Waals surface area contributed by atoms with Crippen molar-refractivity contribution in [1.29, 1.82) is 0 Å². The van der Waals surface area contributed by atoms with E-state index in [0.717, 1.165) is 5.56 Å². The molecular weight excluding hydrogens is 274 g/mol. The highest BCUT2D eigenvalue weighted by atomic mass is 35.5. The Bertz CT molecular complexity index is 478. The molecular formula is C12H14ClNO3S. The highest BCUT2D eigenvalue weighted by Crippen LogP contribution is 2.29. The highest BCUT2D eigenvalue weighted by Gasteiger charge is 2.29. The van der Waals surface area contributed by atoms with Crippen LogP contribution in [0.25, 0.3) is 0 Å². The Morgan fingerprint density at radius 2 is 2.06 bits per heavy atom. The predicted molar refractivity (Wildman–Crippen MR) is 70.3 cm³/mol. The molecule has 2 heterocycles. The van der Waals surface area contributed by atoms with Crippen molar-refractivity contribution in [1.82, 2.24) is 4.90 Å². The summed E-state index contributed by atoms with van der Waals surface area (Å²) in [6, 6.07) is 0. The Labute approximate surface area is 114 Å². The lowest BCUT2D eigenvalue weighted by atomic mass is 9.97. The van der Waals surface area contributed by atoms with Crippen LogP contribution >= 0.6 is 22.9 Å². The lowest BCUT2D eigenvalue weighted by molar-refractivity contribution is -0.143. The summed E-state index contributed by atoms with van der Waals surface area (Å²) in [5, 5.41) is 11.3. The van der Waals surface area contributed by atoms with Gasteiger partial charge in [-0.15, -0.1) is 11.3 Å². The highest BCUT2D eigenvalue weighted by molar-refractivity contribution is 7.13. The second-order valence-corrected chi connectivity index (χ2v) is 5.72. The summed E-state index contributed by atoms with van der Waals surface area (Å²) in [5.41, 5.74) is 0.908. The molecule has 0 aliphatic carbocycles. The first-order valence-corrected chi connectivity index (χ1v) is 7.02. The van der Waals surface area contributed by atoms with Gasteiger partial charge in [0.05, 0.1) is 10.9 Å². The van der Waals surface area contributed by atoms with Crippen molar-refractivity contribution < 1.29 is 14.7 Å². The maximum absolute atomic E-state index is 12.2. The second kappa shape index (κ2) is 5.28. The van der Waals surface area contributed by atoms with Crippen molar-refractivity contribution in [3.05, 3.63) is 20.8 Å². The molecule has 1 amide bonds. The van der Waals surface area contributed by atoms with Crippen LogP contribution in [0.15, 0.2) is 5.38 Å². The smallest absolute Gasteiger partial charge is 0.306 e. The average molecular weight is 288 g/mol. The number of carbonyl (C=O) groups excluding carboxylic acids is 1. The number of hydrogen-bond acceptors (Lipinski definition) is 3. The fourth-order valence-electron chi connectivity index (χ4n) is 2.05. The maximum atomic E-state index is 12.2. The minimum Gasteiger partial charge on any atom is -0.481 e. The number of carboxylic acid groups (broad SMARTS) is 1. The summed E-state index contributed by atoms with van der Waals surface area (Å²) in [5.74, 6) is -1.18. The zero-order valence-corrected chi connectivity index (χ0v) is 11.6. The normalized spacial score (nSPS) is 16.9. The fraction of sp³-hybridized carbons (Fsp3) is 0.500. The van der Waals surface area contributed by atoms with E-state index in [0.29, 0.717) is 35.8 Å². The number of rotatable bonds is 2. The number of carboxylic acids is 1. The molecule has 2 rings (SSSR count). The second-order valence-electron chi connectivity index (χ2n) is 4.47. The molecule has 1 aromatic rings. The summed E-state index contributed by atoms with van der Waals surface area (Å²) in [6.07, 6.45) is 1.03. The lowest BCUT2D eigenvalue weighted by Crippen LogP contribution is -2.40. The van der Waals surface area contributed by atoms with Gasteiger partial charge in [0.25, 0.3) is 5.91 Å². The molecule has 6 heteroatoms. The van der Waals surface area contributed by atoms with Gasteiger partial charge in [-0.3, -0.25) is 9.59 Å². The Balaban J connectivity index is 2.04. The first-order valence-electron chi connectivity index (χ1n) is 5.76. The lowest BCUT2D eigenvalue weighted by Gasteiger charge is -2.29. The van der Waals surface area contributed by atoms with Crippen LogP contribution in [0.2, 0.25) is 5.02 Å². The zero-order valence-electron chi connectivity index (χ0n) is 9.98. The van der Waals surface area contributed by atoms with E-state index in [1.807, 2.05) is 12.3 Å². The molecule has 1 aliphatic rings. The number of aryl methyl sites for hydroxylation is 1. The first kappa shape index (κ1) is 13.4. The van der Waals surface area contributed by atoms with Crippen molar-refractivity contribution in [3.63, 3.8) is 0 Å². The Kier molecular flexibility index (Phi) is 3.92. The van der Waals surface area contributed by atoms with Gasteiger partial charge < -0.3 is 10.0 Å². The third-order valence-corrected chi connectivity index (χ3v) is 4.91. The van der Waals surface area contributed by atoms with Crippen molar-refractivity contribution in [3.8, 4) is 0 Å². The summed E-state index contributed by atoms with van der Waals surface area (Å²) in [4.78, 5) is 25.3. The third kappa shape index (κ3) is 2.52. The standard InChI is InChI=1S/C12H14ClNO3S/c1-7-6-18-10(9(7)13)11(15)14-4-2-8(3-5-14)12(16)17/h6,8H,2-5H2,1H3,(H,16,17). The van der Waals surface area contributed by atoms with E-state index in [4.69, 9.17) is 16.7 Å². The fourth-order valence-corrected chi connectivity index (χ4v) is 3.29. The van der Waals surface area contributed by atoms with E-state index >= 15 is 0 Å². The number of carbonyl (C=O) groups is 2. The summed E-state index contributed by atoms with van der Waals surface area (Å²) in [6.45, 7) is 2.85. The SMILES string of the molecule is Cc1csc(C(=O)N2CCC(C(=O)O)CC2)c1Cl. The monoisotopic (exact) mass is 287 g/mol. The van der Waals surface area contributed by atoms with E-state index in [-0.39, 0.29) is 11.8 Å². The van der Waals surface area contributed by atoms with Crippen molar-refractivity contribution in [2.24, 2.45) is 5.92 Å². The number of halogens is 1. The molecule has 4 nitrogen and oxygen atoms in total. The molecule has 0 aromatic carbocycles. The molecule has 18 heavy (non-hydrogen) atoms. The number of piperidine rings is 1. The third-order valence-electron chi connectivity index (χ3n) is 3.22. The molecule has 1 aromatic heterocycles. The summed E-state index contributed by atoms with van der Waals surface area (Å²) < 4.78 is 0. The molecule has 0 atom stereocenters. The number of nitrogens with zero attached hydrogens (tertiary/aromatic N) is 1. The number of aliphatic carboxylic acids is 1. The maximum Gasteiger partial charge on any atom is 0.306 e. The van der Waals surface area contributed by atoms with E-state index in [9.17, 15) is 9.59 Å². The van der Waals surface area contributed by atoms with Crippen LogP contribution in [-0.2, 0) is 4.79 Å². The zero-order chi connectivity index (χ0) is 13.3. The number of thiophene rings is 1.